The average Bonchev–Trinajstić information content (AvgIpc) is 2.87. The standard InChI is InChI=1S/C18H24N4O2/c1-6-22-16(10-13(5)21-22)18(24)20-14-7-8-15(12(4)9-14)17(23)19-11(2)3/h7-11H,6H2,1-5H3,(H,19,23)(H,20,24). The number of nitrogens with one attached hydrogen (secondary N) is 2. The minimum atomic E-state index is -0.212. The van der Waals surface area contributed by atoms with Gasteiger partial charge in [-0.2, -0.15) is 5.10 Å². The maximum Gasteiger partial charge on any atom is 0.273 e. The Labute approximate surface area is 142 Å². The van der Waals surface area contributed by atoms with Crippen LogP contribution in [-0.2, 0) is 6.54 Å². The van der Waals surface area contributed by atoms with E-state index in [0.29, 0.717) is 23.5 Å². The monoisotopic (exact) mass is 328 g/mol. The van der Waals surface area contributed by atoms with Crippen LogP contribution in [0.5, 0.6) is 0 Å². The number of amides is 2. The molecule has 1 heterocycles. The number of hydrogen-bond acceptors (Lipinski definition) is 3. The molecule has 6 nitrogen and oxygen atoms in total. The zero-order chi connectivity index (χ0) is 17.9. The molecule has 0 spiro atoms. The Balaban J connectivity index is 2.17. The third-order valence-corrected chi connectivity index (χ3v) is 3.58. The van der Waals surface area contributed by atoms with Crippen molar-refractivity contribution in [1.29, 1.82) is 0 Å². The Bertz CT molecular complexity index is 762. The second-order valence-electron chi connectivity index (χ2n) is 6.10. The summed E-state index contributed by atoms with van der Waals surface area (Å²) < 4.78 is 1.67. The van der Waals surface area contributed by atoms with Crippen molar-refractivity contribution in [2.75, 3.05) is 5.32 Å². The predicted octanol–water partition coefficient (Wildman–Crippen LogP) is 2.91. The van der Waals surface area contributed by atoms with Crippen molar-refractivity contribution < 1.29 is 9.59 Å². The Kier molecular flexibility index (Phi) is 5.39. The van der Waals surface area contributed by atoms with Gasteiger partial charge in [-0.15, -0.1) is 0 Å². The van der Waals surface area contributed by atoms with E-state index in [-0.39, 0.29) is 17.9 Å². The molecule has 0 unspecified atom stereocenters. The van der Waals surface area contributed by atoms with Crippen molar-refractivity contribution >= 4 is 17.5 Å². The van der Waals surface area contributed by atoms with Crippen molar-refractivity contribution in [2.45, 2.75) is 47.2 Å². The van der Waals surface area contributed by atoms with E-state index >= 15 is 0 Å². The lowest BCUT2D eigenvalue weighted by atomic mass is 10.1. The van der Waals surface area contributed by atoms with Crippen LogP contribution in [0.2, 0.25) is 0 Å². The van der Waals surface area contributed by atoms with Gasteiger partial charge in [0.15, 0.2) is 0 Å². The van der Waals surface area contributed by atoms with Crippen LogP contribution in [-0.4, -0.2) is 27.6 Å². The van der Waals surface area contributed by atoms with E-state index in [1.165, 1.54) is 0 Å². The Hall–Kier alpha value is -2.63. The van der Waals surface area contributed by atoms with Gasteiger partial charge in [-0.25, -0.2) is 0 Å². The summed E-state index contributed by atoms with van der Waals surface area (Å²) in [5, 5.41) is 10.0. The second-order valence-corrected chi connectivity index (χ2v) is 6.10. The van der Waals surface area contributed by atoms with Gasteiger partial charge in [-0.1, -0.05) is 0 Å². The molecule has 0 aliphatic rings. The van der Waals surface area contributed by atoms with E-state index in [9.17, 15) is 9.59 Å². The molecule has 0 saturated carbocycles. The van der Waals surface area contributed by atoms with Gasteiger partial charge >= 0.3 is 0 Å². The molecule has 2 amide bonds. The number of aryl methyl sites for hydroxylation is 3. The Morgan fingerprint density at radius 2 is 1.88 bits per heavy atom. The van der Waals surface area contributed by atoms with Crippen molar-refractivity contribution in [3.8, 4) is 0 Å². The summed E-state index contributed by atoms with van der Waals surface area (Å²) in [6.07, 6.45) is 0. The molecule has 2 aromatic rings. The van der Waals surface area contributed by atoms with E-state index in [0.717, 1.165) is 11.3 Å². The molecule has 0 aliphatic carbocycles. The minimum Gasteiger partial charge on any atom is -0.350 e. The number of carbonyl (C=O) groups excluding carboxylic acids is 2. The van der Waals surface area contributed by atoms with Crippen LogP contribution in [0.4, 0.5) is 5.69 Å². The molecule has 1 aromatic heterocycles. The Morgan fingerprint density at radius 1 is 1.17 bits per heavy atom. The van der Waals surface area contributed by atoms with Gasteiger partial charge in [-0.3, -0.25) is 14.3 Å². The molecule has 0 fully saturated rings. The number of aromatic nitrogens is 2. The summed E-state index contributed by atoms with van der Waals surface area (Å²) in [4.78, 5) is 24.5. The number of anilines is 1. The molecule has 6 heteroatoms. The molecule has 0 aliphatic heterocycles. The molecule has 0 bridgehead atoms. The van der Waals surface area contributed by atoms with Gasteiger partial charge in [0.25, 0.3) is 11.8 Å². The normalized spacial score (nSPS) is 10.8. The quantitative estimate of drug-likeness (QED) is 0.886. The van der Waals surface area contributed by atoms with Crippen LogP contribution < -0.4 is 10.6 Å². The van der Waals surface area contributed by atoms with E-state index in [1.54, 1.807) is 28.9 Å². The van der Waals surface area contributed by atoms with E-state index in [4.69, 9.17) is 0 Å². The lowest BCUT2D eigenvalue weighted by molar-refractivity contribution is 0.0942. The van der Waals surface area contributed by atoms with Gasteiger partial charge in [0.2, 0.25) is 0 Å². The van der Waals surface area contributed by atoms with Gasteiger partial charge in [0, 0.05) is 23.8 Å². The lowest BCUT2D eigenvalue weighted by Gasteiger charge is -2.12. The highest BCUT2D eigenvalue weighted by molar-refractivity contribution is 6.03. The largest absolute Gasteiger partial charge is 0.350 e. The van der Waals surface area contributed by atoms with Gasteiger partial charge in [0.05, 0.1) is 5.69 Å². The van der Waals surface area contributed by atoms with E-state index in [2.05, 4.69) is 15.7 Å². The van der Waals surface area contributed by atoms with Crippen LogP contribution in [0.15, 0.2) is 24.3 Å². The zero-order valence-electron chi connectivity index (χ0n) is 14.8. The van der Waals surface area contributed by atoms with E-state index < -0.39 is 0 Å². The average molecular weight is 328 g/mol. The lowest BCUT2D eigenvalue weighted by Crippen LogP contribution is -2.30. The number of rotatable bonds is 5. The summed E-state index contributed by atoms with van der Waals surface area (Å²) in [6, 6.07) is 7.10. The van der Waals surface area contributed by atoms with Gasteiger partial charge < -0.3 is 10.6 Å². The fraction of sp³-hybridized carbons (Fsp3) is 0.389. The van der Waals surface area contributed by atoms with Gasteiger partial charge in [-0.05, 0) is 64.4 Å². The molecule has 2 N–H and O–H groups in total. The molecule has 0 atom stereocenters. The van der Waals surface area contributed by atoms with E-state index in [1.807, 2.05) is 34.6 Å². The first kappa shape index (κ1) is 17.7. The smallest absolute Gasteiger partial charge is 0.273 e. The number of carbonyl (C=O) groups is 2. The first-order chi connectivity index (χ1) is 11.3. The number of hydrogen-bond donors (Lipinski definition) is 2. The fourth-order valence-corrected chi connectivity index (χ4v) is 2.50. The molecule has 0 saturated heterocycles. The van der Waals surface area contributed by atoms with Crippen molar-refractivity contribution in [2.24, 2.45) is 0 Å². The molecule has 24 heavy (non-hydrogen) atoms. The maximum atomic E-state index is 12.4. The second kappa shape index (κ2) is 7.29. The van der Waals surface area contributed by atoms with Crippen LogP contribution in [0, 0.1) is 13.8 Å². The molecular formula is C18H24N4O2. The molecule has 0 radical (unpaired) electrons. The van der Waals surface area contributed by atoms with Crippen LogP contribution >= 0.6 is 0 Å². The van der Waals surface area contributed by atoms with Crippen molar-refractivity contribution in [1.82, 2.24) is 15.1 Å². The third-order valence-electron chi connectivity index (χ3n) is 3.58. The molecule has 128 valence electrons. The van der Waals surface area contributed by atoms with Crippen molar-refractivity contribution in [3.63, 3.8) is 0 Å². The van der Waals surface area contributed by atoms with Crippen LogP contribution in [0.1, 0.15) is 52.9 Å². The maximum absolute atomic E-state index is 12.4. The first-order valence-electron chi connectivity index (χ1n) is 8.09. The summed E-state index contributed by atoms with van der Waals surface area (Å²) in [7, 11) is 0. The number of benzene rings is 1. The topological polar surface area (TPSA) is 76.0 Å². The number of nitrogens with zero attached hydrogens (tertiary/aromatic N) is 2. The first-order valence-corrected chi connectivity index (χ1v) is 8.09. The highest BCUT2D eigenvalue weighted by Gasteiger charge is 2.15. The summed E-state index contributed by atoms with van der Waals surface area (Å²) in [6.45, 7) is 10.1. The van der Waals surface area contributed by atoms with Gasteiger partial charge in [0.1, 0.15) is 5.69 Å². The van der Waals surface area contributed by atoms with Crippen LogP contribution in [0.25, 0.3) is 0 Å². The molecule has 2 rings (SSSR count). The zero-order valence-corrected chi connectivity index (χ0v) is 14.8. The molecule has 1 aromatic carbocycles. The summed E-state index contributed by atoms with van der Waals surface area (Å²) >= 11 is 0. The van der Waals surface area contributed by atoms with Crippen LogP contribution in [0.3, 0.4) is 0 Å². The fourth-order valence-electron chi connectivity index (χ4n) is 2.50. The SMILES string of the molecule is CCn1nc(C)cc1C(=O)Nc1ccc(C(=O)NC(C)C)c(C)c1. The minimum absolute atomic E-state index is 0.0776. The van der Waals surface area contributed by atoms with Crippen molar-refractivity contribution in [3.05, 3.63) is 46.8 Å². The predicted molar refractivity (Wildman–Crippen MR) is 94.4 cm³/mol. The highest BCUT2D eigenvalue weighted by atomic mass is 16.2. The Morgan fingerprint density at radius 3 is 2.46 bits per heavy atom. The molecular weight excluding hydrogens is 304 g/mol. The summed E-state index contributed by atoms with van der Waals surface area (Å²) in [5.74, 6) is -0.323. The third kappa shape index (κ3) is 4.01. The highest BCUT2D eigenvalue weighted by Crippen LogP contribution is 2.17. The summed E-state index contributed by atoms with van der Waals surface area (Å²) in [5.41, 5.74) is 3.40.